The molecule has 0 aromatic heterocycles. The maximum atomic E-state index is 11.0. The summed E-state index contributed by atoms with van der Waals surface area (Å²) in [5.74, 6) is -0.541. The molecule has 0 saturated carbocycles. The fourth-order valence-electron chi connectivity index (χ4n) is 3.88. The first kappa shape index (κ1) is 55.0. The van der Waals surface area contributed by atoms with E-state index >= 15 is 0 Å². The number of halogens is 5. The lowest BCUT2D eigenvalue weighted by Gasteiger charge is -2.19. The highest BCUT2D eigenvalue weighted by atomic mass is 79.9. The number of carbonyl (C=O) groups is 3. The van der Waals surface area contributed by atoms with Crippen molar-refractivity contribution in [3.05, 3.63) is 100 Å². The van der Waals surface area contributed by atoms with E-state index in [9.17, 15) is 44.7 Å². The third-order valence-corrected chi connectivity index (χ3v) is 7.87. The monoisotopic (exact) mass is 972 g/mol. The number of phenols is 2. The molecule has 21 nitrogen and oxygen atoms in total. The zero-order chi connectivity index (χ0) is 42.4. The minimum Gasteiger partial charge on any atom is -0.506 e. The highest BCUT2D eigenvalue weighted by molar-refractivity contribution is 9.09. The number of rotatable bonds is 4. The largest absolute Gasteiger partial charge is 0.506 e. The van der Waals surface area contributed by atoms with E-state index in [-0.39, 0.29) is 113 Å². The van der Waals surface area contributed by atoms with Crippen molar-refractivity contribution in [2.75, 3.05) is 46.4 Å². The number of nitro benzene ring substituents is 3. The molecule has 2 aliphatic rings. The van der Waals surface area contributed by atoms with Crippen molar-refractivity contribution in [1.29, 1.82) is 0 Å². The van der Waals surface area contributed by atoms with Crippen LogP contribution in [-0.4, -0.2) is 60.6 Å². The van der Waals surface area contributed by atoms with Gasteiger partial charge in [0.1, 0.15) is 22.9 Å². The molecule has 4 aromatic carbocycles. The maximum absolute atomic E-state index is 11.0. The van der Waals surface area contributed by atoms with Crippen LogP contribution in [0.4, 0.5) is 45.5 Å². The molecule has 0 spiro atoms. The average Bonchev–Trinajstić information content (AvgIpc) is 3.12. The van der Waals surface area contributed by atoms with Gasteiger partial charge in [-0.1, -0.05) is 79.1 Å². The molecule has 0 saturated heterocycles. The van der Waals surface area contributed by atoms with Crippen LogP contribution >= 0.6 is 62.3 Å². The lowest BCUT2D eigenvalue weighted by atomic mass is 10.2. The SMILES string of the molecule is C.C.C.Nc1c(O)cc(Cl)cc1[N+](=O)[O-].Nc1c(O)cccc1[N+](=O)[O-].Nc1cc(Cl)cc2c1NC(=O)CO2.O=C(Cl)CBr.O=C1COc2cc(Cl)cc([N+](=O)[O-])c2N1. The van der Waals surface area contributed by atoms with Gasteiger partial charge in [-0.15, -0.1) is 0 Å². The number of fused-ring (bicyclic) bond motifs is 2. The van der Waals surface area contributed by atoms with Crippen LogP contribution in [0.2, 0.25) is 15.1 Å². The first-order valence-corrected chi connectivity index (χ1v) is 17.1. The van der Waals surface area contributed by atoms with Gasteiger partial charge in [0.25, 0.3) is 28.9 Å². The number of hydrogen-bond donors (Lipinski definition) is 7. The fraction of sp³-hybridized carbons (Fsp3) is 0.182. The number of amides is 2. The van der Waals surface area contributed by atoms with Gasteiger partial charge in [-0.25, -0.2) is 0 Å². The van der Waals surface area contributed by atoms with Crippen molar-refractivity contribution in [1.82, 2.24) is 0 Å². The standard InChI is InChI=1S/C8H5ClN2O4.C8H7ClN2O2.C6H5ClN2O3.C6H6N2O3.C2H2BrClO.3CH4/c9-4-1-5(11(13)14)8-6(2-4)15-3-7(12)10-8;9-4-1-5(10)8-6(2-4)13-3-7(12)11-8;7-3-1-4(9(11)12)6(8)5(10)2-3;7-6-4(8(10)11)2-1-3-5(6)9;3-1-2(4)5;;;/h1-2H,3H2,(H,10,12);1-2H,3,10H2,(H,11,12);1-2,10H,8H2;1-3,9H,7H2;1H2;3*1H4. The topological polar surface area (TPSA) is 342 Å². The maximum Gasteiger partial charge on any atom is 0.298 e. The van der Waals surface area contributed by atoms with Gasteiger partial charge in [0.05, 0.1) is 35.8 Å². The van der Waals surface area contributed by atoms with Gasteiger partial charge in [-0.3, -0.25) is 44.7 Å². The van der Waals surface area contributed by atoms with Gasteiger partial charge in [0, 0.05) is 41.4 Å². The highest BCUT2D eigenvalue weighted by Gasteiger charge is 2.26. The lowest BCUT2D eigenvalue weighted by Crippen LogP contribution is -2.26. The molecule has 2 amide bonds. The number of nitrogens with two attached hydrogens (primary N) is 3. The Morgan fingerprint density at radius 1 is 0.695 bits per heavy atom. The number of nitro groups is 3. The van der Waals surface area contributed by atoms with Gasteiger partial charge in [-0.05, 0) is 23.7 Å². The van der Waals surface area contributed by atoms with Gasteiger partial charge in [0.2, 0.25) is 5.24 Å². The van der Waals surface area contributed by atoms with Crippen molar-refractivity contribution in [2.45, 2.75) is 22.3 Å². The average molecular weight is 975 g/mol. The van der Waals surface area contributed by atoms with Crippen molar-refractivity contribution < 1.29 is 48.8 Å². The molecule has 2 heterocycles. The molecule has 26 heteroatoms. The number of para-hydroxylation sites is 1. The number of nitrogen functional groups attached to an aromatic ring is 3. The Morgan fingerprint density at radius 3 is 1.56 bits per heavy atom. The van der Waals surface area contributed by atoms with Crippen LogP contribution in [0.3, 0.4) is 0 Å². The summed E-state index contributed by atoms with van der Waals surface area (Å²) in [7, 11) is 0. The number of nitrogens with one attached hydrogen (secondary N) is 2. The molecule has 322 valence electrons. The Morgan fingerprint density at radius 2 is 1.10 bits per heavy atom. The molecule has 2 aliphatic heterocycles. The molecule has 59 heavy (non-hydrogen) atoms. The Bertz CT molecular complexity index is 2190. The minimum absolute atomic E-state index is 0. The van der Waals surface area contributed by atoms with Crippen LogP contribution in [0.25, 0.3) is 0 Å². The minimum atomic E-state index is -0.707. The van der Waals surface area contributed by atoms with Crippen LogP contribution in [-0.2, 0) is 14.4 Å². The van der Waals surface area contributed by atoms with E-state index < -0.39 is 20.7 Å². The van der Waals surface area contributed by atoms with Crippen molar-refractivity contribution in [3.63, 3.8) is 0 Å². The number of anilines is 5. The first-order chi connectivity index (χ1) is 26.2. The van der Waals surface area contributed by atoms with Crippen molar-refractivity contribution in [3.8, 4) is 23.0 Å². The summed E-state index contributed by atoms with van der Waals surface area (Å²) in [4.78, 5) is 60.6. The predicted octanol–water partition coefficient (Wildman–Crippen LogP) is 8.31. The summed E-state index contributed by atoms with van der Waals surface area (Å²) < 4.78 is 10.1. The number of aromatic hydroxyl groups is 2. The summed E-state index contributed by atoms with van der Waals surface area (Å²) >= 11 is 24.5. The van der Waals surface area contributed by atoms with Crippen LogP contribution in [0, 0.1) is 30.3 Å². The molecule has 4 aromatic rings. The summed E-state index contributed by atoms with van der Waals surface area (Å²) in [6.45, 7) is -0.155. The van der Waals surface area contributed by atoms with E-state index in [1.54, 1.807) is 12.1 Å². The number of phenolic OH excluding ortho intramolecular Hbond substituents is 2. The number of alkyl halides is 1. The quantitative estimate of drug-likeness (QED) is 0.0252. The summed E-state index contributed by atoms with van der Waals surface area (Å²) in [6.07, 6.45) is 0. The van der Waals surface area contributed by atoms with E-state index in [1.165, 1.54) is 24.3 Å². The van der Waals surface area contributed by atoms with Gasteiger partial charge < -0.3 is 47.5 Å². The van der Waals surface area contributed by atoms with Gasteiger partial charge in [0.15, 0.2) is 36.0 Å². The van der Waals surface area contributed by atoms with Crippen LogP contribution in [0.15, 0.2) is 54.6 Å². The zero-order valence-corrected chi connectivity index (χ0v) is 32.3. The van der Waals surface area contributed by atoms with Crippen molar-refractivity contribution >= 4 is 125 Å². The molecular weight excluding hydrogens is 938 g/mol. The zero-order valence-electron chi connectivity index (χ0n) is 27.7. The molecule has 0 bridgehead atoms. The van der Waals surface area contributed by atoms with Gasteiger partial charge in [-0.2, -0.15) is 0 Å². The Kier molecular flexibility index (Phi) is 23.6. The fourth-order valence-corrected chi connectivity index (χ4v) is 4.51. The molecule has 0 unspecified atom stereocenters. The van der Waals surface area contributed by atoms with E-state index in [4.69, 9.17) is 83.3 Å². The normalized spacial score (nSPS) is 11.1. The molecular formula is C33H37BrCl4N8O13. The predicted molar refractivity (Wildman–Crippen MR) is 230 cm³/mol. The molecule has 0 atom stereocenters. The molecule has 0 aliphatic carbocycles. The lowest BCUT2D eigenvalue weighted by molar-refractivity contribution is -0.384. The highest BCUT2D eigenvalue weighted by Crippen LogP contribution is 2.39. The van der Waals surface area contributed by atoms with Crippen LogP contribution in [0.1, 0.15) is 22.3 Å². The first-order valence-electron chi connectivity index (χ1n) is 14.5. The van der Waals surface area contributed by atoms with E-state index in [0.29, 0.717) is 22.1 Å². The second kappa shape index (κ2) is 25.3. The number of benzene rings is 4. The third kappa shape index (κ3) is 16.7. The summed E-state index contributed by atoms with van der Waals surface area (Å²) in [5.41, 5.74) is 15.6. The van der Waals surface area contributed by atoms with E-state index in [1.807, 2.05) is 0 Å². The molecule has 0 fully saturated rings. The molecule has 6 rings (SSSR count). The van der Waals surface area contributed by atoms with Gasteiger partial charge >= 0.3 is 0 Å². The Hall–Kier alpha value is -6.07. The second-order valence-electron chi connectivity index (χ2n) is 10.2. The summed E-state index contributed by atoms with van der Waals surface area (Å²) in [6, 6.07) is 11.9. The number of carbonyl (C=O) groups excluding carboxylic acids is 3. The Labute approximate surface area is 363 Å². The third-order valence-electron chi connectivity index (χ3n) is 6.25. The molecule has 0 radical (unpaired) electrons. The smallest absolute Gasteiger partial charge is 0.298 e. The van der Waals surface area contributed by atoms with Crippen LogP contribution in [0.5, 0.6) is 23.0 Å². The summed E-state index contributed by atoms with van der Waals surface area (Å²) in [5, 5.41) is 54.7. The second-order valence-corrected chi connectivity index (χ2v) is 12.5. The van der Waals surface area contributed by atoms with E-state index in [2.05, 4.69) is 26.6 Å². The van der Waals surface area contributed by atoms with Crippen molar-refractivity contribution in [2.24, 2.45) is 0 Å². The number of ether oxygens (including phenoxy) is 2. The van der Waals surface area contributed by atoms with E-state index in [0.717, 1.165) is 18.2 Å². The Balaban J connectivity index is 0. The number of hydrogen-bond acceptors (Lipinski definition) is 16. The molecule has 10 N–H and O–H groups in total. The number of nitrogens with zero attached hydrogens (tertiary/aromatic N) is 3. The van der Waals surface area contributed by atoms with Crippen LogP contribution < -0.4 is 37.3 Å².